The molecule has 1 heterocycles. The van der Waals surface area contributed by atoms with Crippen molar-refractivity contribution >= 4 is 17.5 Å². The van der Waals surface area contributed by atoms with Crippen molar-refractivity contribution in [1.29, 1.82) is 0 Å². The first-order valence-electron chi connectivity index (χ1n) is 5.68. The molecule has 1 aromatic heterocycles. The van der Waals surface area contributed by atoms with Crippen LogP contribution in [0.2, 0.25) is 5.02 Å². The molecule has 19 heavy (non-hydrogen) atoms. The van der Waals surface area contributed by atoms with Gasteiger partial charge in [0.25, 0.3) is 11.5 Å². The number of carbonyl (C=O) groups excluding carboxylic acids is 1. The van der Waals surface area contributed by atoms with Gasteiger partial charge in [-0.3, -0.25) is 9.59 Å². The molecule has 0 saturated carbocycles. The maximum Gasteiger partial charge on any atom is 0.272 e. The fourth-order valence-corrected chi connectivity index (χ4v) is 1.80. The Morgan fingerprint density at radius 2 is 2.16 bits per heavy atom. The Balaban J connectivity index is 2.10. The maximum atomic E-state index is 11.9. The van der Waals surface area contributed by atoms with Gasteiger partial charge in [-0.05, 0) is 30.7 Å². The average molecular weight is 278 g/mol. The molecular weight excluding hydrogens is 266 g/mol. The number of halogens is 1. The molecule has 2 N–H and O–H groups in total. The first-order chi connectivity index (χ1) is 9.06. The Hall–Kier alpha value is -2.14. The molecule has 0 fully saturated rings. The van der Waals surface area contributed by atoms with Crippen LogP contribution in [0.3, 0.4) is 0 Å². The monoisotopic (exact) mass is 277 g/mol. The number of hydrogen-bond donors (Lipinski definition) is 2. The van der Waals surface area contributed by atoms with Crippen molar-refractivity contribution in [3.63, 3.8) is 0 Å². The summed E-state index contributed by atoms with van der Waals surface area (Å²) >= 11 is 5.90. The van der Waals surface area contributed by atoms with Gasteiger partial charge in [0.2, 0.25) is 0 Å². The van der Waals surface area contributed by atoms with E-state index in [-0.39, 0.29) is 23.2 Å². The normalized spacial score (nSPS) is 11.9. The van der Waals surface area contributed by atoms with E-state index in [1.54, 1.807) is 12.1 Å². The van der Waals surface area contributed by atoms with Crippen LogP contribution >= 0.6 is 11.6 Å². The summed E-state index contributed by atoms with van der Waals surface area (Å²) in [6.07, 6.45) is 0. The number of nitrogens with one attached hydrogen (secondary N) is 2. The van der Waals surface area contributed by atoms with Crippen LogP contribution in [0.4, 0.5) is 0 Å². The SMILES string of the molecule is CC(NC(=O)c1ccc(=O)[nH]n1)c1cccc(Cl)c1. The van der Waals surface area contributed by atoms with Crippen LogP contribution in [0.15, 0.2) is 41.2 Å². The zero-order valence-electron chi connectivity index (χ0n) is 10.2. The van der Waals surface area contributed by atoms with Crippen LogP contribution in [-0.4, -0.2) is 16.1 Å². The Labute approximate surface area is 114 Å². The minimum absolute atomic E-state index is 0.161. The molecular formula is C13H12ClN3O2. The van der Waals surface area contributed by atoms with E-state index >= 15 is 0 Å². The lowest BCUT2D eigenvalue weighted by atomic mass is 10.1. The summed E-state index contributed by atoms with van der Waals surface area (Å²) in [5.41, 5.74) is 0.707. The third-order valence-electron chi connectivity index (χ3n) is 2.61. The van der Waals surface area contributed by atoms with Crippen LogP contribution in [0.5, 0.6) is 0 Å². The van der Waals surface area contributed by atoms with Crippen molar-refractivity contribution in [2.75, 3.05) is 0 Å². The molecule has 0 spiro atoms. The van der Waals surface area contributed by atoms with Gasteiger partial charge in [-0.1, -0.05) is 23.7 Å². The molecule has 0 aliphatic carbocycles. The second-order valence-corrected chi connectivity index (χ2v) is 4.49. The Bertz CT molecular complexity index is 634. The fraction of sp³-hybridized carbons (Fsp3) is 0.154. The van der Waals surface area contributed by atoms with Crippen LogP contribution in [0.25, 0.3) is 0 Å². The van der Waals surface area contributed by atoms with Crippen molar-refractivity contribution in [3.8, 4) is 0 Å². The lowest BCUT2D eigenvalue weighted by molar-refractivity contribution is 0.0933. The smallest absolute Gasteiger partial charge is 0.272 e. The quantitative estimate of drug-likeness (QED) is 0.900. The molecule has 0 aliphatic rings. The van der Waals surface area contributed by atoms with Gasteiger partial charge in [-0.2, -0.15) is 5.10 Å². The predicted molar refractivity (Wildman–Crippen MR) is 72.2 cm³/mol. The molecule has 0 radical (unpaired) electrons. The molecule has 0 bridgehead atoms. The Morgan fingerprint density at radius 1 is 1.37 bits per heavy atom. The highest BCUT2D eigenvalue weighted by molar-refractivity contribution is 6.30. The largest absolute Gasteiger partial charge is 0.344 e. The molecule has 6 heteroatoms. The van der Waals surface area contributed by atoms with Gasteiger partial charge >= 0.3 is 0 Å². The highest BCUT2D eigenvalue weighted by Crippen LogP contribution is 2.17. The number of nitrogens with zero attached hydrogens (tertiary/aromatic N) is 1. The molecule has 2 aromatic rings. The highest BCUT2D eigenvalue weighted by atomic mass is 35.5. The lowest BCUT2D eigenvalue weighted by Gasteiger charge is -2.14. The van der Waals surface area contributed by atoms with Crippen molar-refractivity contribution in [2.24, 2.45) is 0 Å². The second kappa shape index (κ2) is 5.67. The van der Waals surface area contributed by atoms with Crippen LogP contribution in [0.1, 0.15) is 29.0 Å². The highest BCUT2D eigenvalue weighted by Gasteiger charge is 2.12. The van der Waals surface area contributed by atoms with Crippen LogP contribution < -0.4 is 10.9 Å². The molecule has 1 aromatic carbocycles. The summed E-state index contributed by atoms with van der Waals surface area (Å²) in [6, 6.07) is 9.66. The third-order valence-corrected chi connectivity index (χ3v) is 2.84. The molecule has 1 unspecified atom stereocenters. The zero-order chi connectivity index (χ0) is 13.8. The summed E-state index contributed by atoms with van der Waals surface area (Å²) in [7, 11) is 0. The van der Waals surface area contributed by atoms with Crippen LogP contribution in [0, 0.1) is 0 Å². The van der Waals surface area contributed by atoms with Crippen molar-refractivity contribution in [1.82, 2.24) is 15.5 Å². The van der Waals surface area contributed by atoms with E-state index in [0.717, 1.165) is 5.56 Å². The number of amides is 1. The molecule has 0 aliphatic heterocycles. The summed E-state index contributed by atoms with van der Waals surface area (Å²) in [5.74, 6) is -0.358. The van der Waals surface area contributed by atoms with E-state index in [1.807, 2.05) is 19.1 Å². The molecule has 2 rings (SSSR count). The first kappa shape index (κ1) is 13.3. The van der Waals surface area contributed by atoms with E-state index in [1.165, 1.54) is 12.1 Å². The van der Waals surface area contributed by atoms with Gasteiger partial charge in [-0.15, -0.1) is 0 Å². The summed E-state index contributed by atoms with van der Waals surface area (Å²) in [5, 5.41) is 9.27. The molecule has 98 valence electrons. The number of benzene rings is 1. The van der Waals surface area contributed by atoms with Gasteiger partial charge in [-0.25, -0.2) is 5.10 Å². The average Bonchev–Trinajstić information content (AvgIpc) is 2.39. The number of H-pyrrole nitrogens is 1. The van der Waals surface area contributed by atoms with E-state index in [2.05, 4.69) is 15.5 Å². The number of aromatic amines is 1. The number of carbonyl (C=O) groups is 1. The van der Waals surface area contributed by atoms with Gasteiger partial charge in [0.15, 0.2) is 0 Å². The number of rotatable bonds is 3. The standard InChI is InChI=1S/C13H12ClN3O2/c1-8(9-3-2-4-10(14)7-9)15-13(19)11-5-6-12(18)17-16-11/h2-8H,1H3,(H,15,19)(H,17,18). The van der Waals surface area contributed by atoms with Gasteiger partial charge in [0.1, 0.15) is 5.69 Å². The molecule has 1 amide bonds. The molecule has 0 saturated heterocycles. The van der Waals surface area contributed by atoms with Crippen molar-refractivity contribution in [2.45, 2.75) is 13.0 Å². The lowest BCUT2D eigenvalue weighted by Crippen LogP contribution is -2.28. The van der Waals surface area contributed by atoms with Gasteiger partial charge in [0.05, 0.1) is 6.04 Å². The minimum atomic E-state index is -0.358. The van der Waals surface area contributed by atoms with Crippen molar-refractivity contribution in [3.05, 3.63) is 63.0 Å². The second-order valence-electron chi connectivity index (χ2n) is 4.06. The number of hydrogen-bond acceptors (Lipinski definition) is 3. The predicted octanol–water partition coefficient (Wildman–Crippen LogP) is 1.91. The maximum absolute atomic E-state index is 11.9. The molecule has 5 nitrogen and oxygen atoms in total. The number of aromatic nitrogens is 2. The van der Waals surface area contributed by atoms with Crippen LogP contribution in [-0.2, 0) is 0 Å². The first-order valence-corrected chi connectivity index (χ1v) is 6.06. The fourth-order valence-electron chi connectivity index (χ4n) is 1.60. The van der Waals surface area contributed by atoms with Crippen molar-refractivity contribution < 1.29 is 4.79 Å². The Morgan fingerprint density at radius 3 is 2.79 bits per heavy atom. The topological polar surface area (TPSA) is 74.8 Å². The van der Waals surface area contributed by atoms with E-state index < -0.39 is 0 Å². The van der Waals surface area contributed by atoms with Gasteiger partial charge in [0, 0.05) is 11.1 Å². The Kier molecular flexibility index (Phi) is 3.97. The summed E-state index contributed by atoms with van der Waals surface area (Å²) in [4.78, 5) is 22.8. The minimum Gasteiger partial charge on any atom is -0.344 e. The van der Waals surface area contributed by atoms with E-state index in [4.69, 9.17) is 11.6 Å². The van der Waals surface area contributed by atoms with E-state index in [9.17, 15) is 9.59 Å². The van der Waals surface area contributed by atoms with E-state index in [0.29, 0.717) is 5.02 Å². The summed E-state index contributed by atoms with van der Waals surface area (Å²) < 4.78 is 0. The third kappa shape index (κ3) is 3.42. The van der Waals surface area contributed by atoms with Gasteiger partial charge < -0.3 is 5.32 Å². The molecule has 1 atom stereocenters. The summed E-state index contributed by atoms with van der Waals surface area (Å²) in [6.45, 7) is 1.84. The zero-order valence-corrected chi connectivity index (χ0v) is 10.9.